The average Bonchev–Trinajstić information content (AvgIpc) is 2.76. The van der Waals surface area contributed by atoms with E-state index >= 15 is 0 Å². The van der Waals surface area contributed by atoms with Crippen molar-refractivity contribution in [1.82, 2.24) is 0 Å². The van der Waals surface area contributed by atoms with Crippen LogP contribution in [0.1, 0.15) is 84.0 Å². The van der Waals surface area contributed by atoms with E-state index in [4.69, 9.17) is 28.8 Å². The Bertz CT molecular complexity index is 265. The van der Waals surface area contributed by atoms with Crippen LogP contribution in [0, 0.1) is 0 Å². The summed E-state index contributed by atoms with van der Waals surface area (Å²) in [5.74, 6) is 0. The van der Waals surface area contributed by atoms with Gasteiger partial charge in [-0.05, 0) is 6.42 Å². The molecule has 0 radical (unpaired) electrons. The largest absolute Gasteiger partial charge is 0.412 e. The van der Waals surface area contributed by atoms with Crippen molar-refractivity contribution in [3.8, 4) is 0 Å². The number of aliphatic hydroxyl groups excluding tert-OH is 1. The summed E-state index contributed by atoms with van der Waals surface area (Å²) in [5.41, 5.74) is 0. The third kappa shape index (κ3) is 32.0. The number of ether oxygens (including phenoxy) is 5. The van der Waals surface area contributed by atoms with E-state index < -0.39 is 0 Å². The lowest BCUT2D eigenvalue weighted by Crippen LogP contribution is -2.13. The second kappa shape index (κ2) is 31.9. The Morgan fingerprint density at radius 2 is 0.677 bits per heavy atom. The molecule has 0 aliphatic rings. The number of hydrogen-bond donors (Lipinski definition) is 1. The smallest absolute Gasteiger partial charge is 0.0701 e. The fourth-order valence-corrected chi connectivity index (χ4v) is 3.09. The zero-order valence-electron chi connectivity index (χ0n) is 20.3. The number of unbranched alkanes of at least 4 members (excludes halogenated alkanes) is 11. The Labute approximate surface area is 191 Å². The van der Waals surface area contributed by atoms with Crippen molar-refractivity contribution in [2.45, 2.75) is 84.0 Å². The van der Waals surface area contributed by atoms with E-state index in [1.54, 1.807) is 0 Å². The second-order valence-corrected chi connectivity index (χ2v) is 7.67. The van der Waals surface area contributed by atoms with Gasteiger partial charge in [0.2, 0.25) is 0 Å². The topological polar surface area (TPSA) is 97.9 Å². The van der Waals surface area contributed by atoms with Crippen LogP contribution in [-0.4, -0.2) is 83.3 Å². The van der Waals surface area contributed by atoms with Gasteiger partial charge >= 0.3 is 0 Å². The first-order valence-electron chi connectivity index (χ1n) is 12.4. The molecule has 0 amide bonds. The fraction of sp³-hybridized carbons (Fsp3) is 1.00. The maximum atomic E-state index is 8.55. The predicted octanol–water partition coefficient (Wildman–Crippen LogP) is 3.94. The molecule has 7 heteroatoms. The Morgan fingerprint density at radius 1 is 0.387 bits per heavy atom. The summed E-state index contributed by atoms with van der Waals surface area (Å²) in [4.78, 5) is 0. The van der Waals surface area contributed by atoms with Gasteiger partial charge in [-0.25, -0.2) is 0 Å². The highest BCUT2D eigenvalue weighted by atomic mass is 16.6. The van der Waals surface area contributed by atoms with Crippen LogP contribution in [-0.2, 0) is 23.7 Å². The normalized spacial score (nSPS) is 11.0. The van der Waals surface area contributed by atoms with Gasteiger partial charge in [0.05, 0.1) is 66.1 Å². The minimum atomic E-state index is 0. The summed E-state index contributed by atoms with van der Waals surface area (Å²) in [7, 11) is 0. The molecule has 190 valence electrons. The van der Waals surface area contributed by atoms with Gasteiger partial charge in [0.15, 0.2) is 0 Å². The Balaban J connectivity index is 0. The summed E-state index contributed by atoms with van der Waals surface area (Å²) >= 11 is 0. The molecule has 0 fully saturated rings. The molecular formula is C24H52O7. The van der Waals surface area contributed by atoms with Crippen molar-refractivity contribution in [3.63, 3.8) is 0 Å². The van der Waals surface area contributed by atoms with Crippen molar-refractivity contribution in [3.05, 3.63) is 0 Å². The summed E-state index contributed by atoms with van der Waals surface area (Å²) < 4.78 is 26.9. The van der Waals surface area contributed by atoms with E-state index in [0.717, 1.165) is 13.0 Å². The highest BCUT2D eigenvalue weighted by Crippen LogP contribution is 2.11. The number of hydrogen-bond acceptors (Lipinski definition) is 6. The molecule has 0 rings (SSSR count). The Morgan fingerprint density at radius 3 is 1.03 bits per heavy atom. The lowest BCUT2D eigenvalue weighted by Gasteiger charge is -2.08. The van der Waals surface area contributed by atoms with Crippen LogP contribution in [0.15, 0.2) is 0 Å². The third-order valence-corrected chi connectivity index (χ3v) is 4.87. The predicted molar refractivity (Wildman–Crippen MR) is 126 cm³/mol. The van der Waals surface area contributed by atoms with E-state index in [1.807, 2.05) is 0 Å². The summed E-state index contributed by atoms with van der Waals surface area (Å²) in [5, 5.41) is 8.55. The van der Waals surface area contributed by atoms with Crippen LogP contribution in [0.3, 0.4) is 0 Å². The zero-order chi connectivity index (χ0) is 21.8. The molecular weight excluding hydrogens is 400 g/mol. The maximum Gasteiger partial charge on any atom is 0.0701 e. The molecule has 0 atom stereocenters. The zero-order valence-corrected chi connectivity index (χ0v) is 20.3. The van der Waals surface area contributed by atoms with Gasteiger partial charge in [0, 0.05) is 6.61 Å². The molecule has 0 unspecified atom stereocenters. The molecule has 7 nitrogen and oxygen atoms in total. The minimum Gasteiger partial charge on any atom is -0.412 e. The first-order valence-corrected chi connectivity index (χ1v) is 12.4. The van der Waals surface area contributed by atoms with Crippen molar-refractivity contribution >= 4 is 0 Å². The van der Waals surface area contributed by atoms with Crippen molar-refractivity contribution in [2.24, 2.45) is 0 Å². The molecule has 0 aliphatic heterocycles. The van der Waals surface area contributed by atoms with Crippen molar-refractivity contribution < 1.29 is 34.3 Å². The Hall–Kier alpha value is -0.280. The van der Waals surface area contributed by atoms with Gasteiger partial charge in [-0.1, -0.05) is 77.6 Å². The molecule has 0 aromatic carbocycles. The molecule has 0 spiro atoms. The van der Waals surface area contributed by atoms with E-state index in [2.05, 4.69) is 6.92 Å². The van der Waals surface area contributed by atoms with Gasteiger partial charge in [-0.3, -0.25) is 0 Å². The molecule has 0 aliphatic carbocycles. The maximum absolute atomic E-state index is 8.55. The van der Waals surface area contributed by atoms with Crippen LogP contribution >= 0.6 is 0 Å². The molecule has 0 aromatic heterocycles. The average molecular weight is 453 g/mol. The SMILES string of the molecule is CCCCCCCCCCCCCCOCCOCCOCCOCCOCCO.O. The van der Waals surface area contributed by atoms with Crippen LogP contribution in [0.5, 0.6) is 0 Å². The third-order valence-electron chi connectivity index (χ3n) is 4.87. The first-order chi connectivity index (χ1) is 14.9. The highest BCUT2D eigenvalue weighted by molar-refractivity contribution is 4.48. The molecule has 0 heterocycles. The van der Waals surface area contributed by atoms with E-state index in [0.29, 0.717) is 59.5 Å². The van der Waals surface area contributed by atoms with E-state index in [1.165, 1.54) is 70.6 Å². The van der Waals surface area contributed by atoms with Gasteiger partial charge in [-0.15, -0.1) is 0 Å². The van der Waals surface area contributed by atoms with Crippen LogP contribution in [0.2, 0.25) is 0 Å². The standard InChI is InChI=1S/C24H50O6.H2O/c1-2-3-4-5-6-7-8-9-10-11-12-13-15-26-17-19-28-21-23-30-24-22-29-20-18-27-16-14-25;/h25H,2-24H2,1H3;1H2. The fourth-order valence-electron chi connectivity index (χ4n) is 3.09. The Kier molecular flexibility index (Phi) is 33.9. The molecule has 0 aromatic rings. The minimum absolute atomic E-state index is 0. The van der Waals surface area contributed by atoms with Crippen molar-refractivity contribution in [1.29, 1.82) is 0 Å². The van der Waals surface area contributed by atoms with Crippen molar-refractivity contribution in [2.75, 3.05) is 72.7 Å². The lowest BCUT2D eigenvalue weighted by atomic mass is 10.1. The van der Waals surface area contributed by atoms with Gasteiger partial charge in [-0.2, -0.15) is 0 Å². The van der Waals surface area contributed by atoms with Gasteiger partial charge < -0.3 is 34.3 Å². The molecule has 0 saturated heterocycles. The molecule has 31 heavy (non-hydrogen) atoms. The molecule has 0 saturated carbocycles. The molecule has 0 bridgehead atoms. The van der Waals surface area contributed by atoms with Crippen LogP contribution in [0.4, 0.5) is 0 Å². The summed E-state index contributed by atoms with van der Waals surface area (Å²) in [6.45, 7) is 8.10. The van der Waals surface area contributed by atoms with Crippen LogP contribution in [0.25, 0.3) is 0 Å². The highest BCUT2D eigenvalue weighted by Gasteiger charge is 1.95. The quantitative estimate of drug-likeness (QED) is 0.190. The summed E-state index contributed by atoms with van der Waals surface area (Å²) in [6.07, 6.45) is 16.4. The molecule has 3 N–H and O–H groups in total. The van der Waals surface area contributed by atoms with E-state index in [-0.39, 0.29) is 12.1 Å². The monoisotopic (exact) mass is 452 g/mol. The van der Waals surface area contributed by atoms with E-state index in [9.17, 15) is 0 Å². The lowest BCUT2D eigenvalue weighted by molar-refractivity contribution is -0.0134. The summed E-state index contributed by atoms with van der Waals surface area (Å²) in [6, 6.07) is 0. The first kappa shape index (κ1) is 32.9. The number of aliphatic hydroxyl groups is 1. The van der Waals surface area contributed by atoms with Crippen LogP contribution < -0.4 is 0 Å². The van der Waals surface area contributed by atoms with Gasteiger partial charge in [0.1, 0.15) is 0 Å². The van der Waals surface area contributed by atoms with Gasteiger partial charge in [0.25, 0.3) is 0 Å². The number of rotatable bonds is 27. The second-order valence-electron chi connectivity index (χ2n) is 7.67.